The van der Waals surface area contributed by atoms with E-state index in [0.717, 1.165) is 25.9 Å². The monoisotopic (exact) mass is 235 g/mol. The zero-order valence-corrected chi connectivity index (χ0v) is 11.3. The molecule has 96 valence electrons. The van der Waals surface area contributed by atoms with Crippen LogP contribution in [0.3, 0.4) is 0 Å². The van der Waals surface area contributed by atoms with Crippen LogP contribution in [0.15, 0.2) is 24.5 Å². The Labute approximate surface area is 105 Å². The van der Waals surface area contributed by atoms with Crippen molar-refractivity contribution < 1.29 is 0 Å². The van der Waals surface area contributed by atoms with Crippen molar-refractivity contribution in [2.45, 2.75) is 45.7 Å². The summed E-state index contributed by atoms with van der Waals surface area (Å²) in [6, 6.07) is 4.12. The van der Waals surface area contributed by atoms with Crippen LogP contribution in [-0.4, -0.2) is 28.5 Å². The maximum absolute atomic E-state index is 6.00. The summed E-state index contributed by atoms with van der Waals surface area (Å²) in [5.41, 5.74) is 7.39. The molecule has 0 saturated carbocycles. The number of pyridine rings is 1. The number of likely N-dealkylation sites (N-methyl/N-ethyl adjacent to an activating group) is 1. The Bertz CT molecular complexity index is 298. The van der Waals surface area contributed by atoms with E-state index >= 15 is 0 Å². The molecule has 1 aromatic heterocycles. The second-order valence-electron chi connectivity index (χ2n) is 4.51. The normalized spacial score (nSPS) is 12.1. The lowest BCUT2D eigenvalue weighted by atomic mass is 9.90. The van der Waals surface area contributed by atoms with E-state index in [9.17, 15) is 0 Å². The standard InChI is InChI=1S/C14H25N3/c1-4-14(5-2,12-15)17(6-3)11-13-8-7-9-16-10-13/h7-10H,4-6,11-12,15H2,1-3H3. The van der Waals surface area contributed by atoms with Crippen molar-refractivity contribution in [3.05, 3.63) is 30.1 Å². The van der Waals surface area contributed by atoms with Gasteiger partial charge < -0.3 is 5.73 Å². The SMILES string of the molecule is CCN(Cc1cccnc1)C(CC)(CC)CN. The molecule has 0 atom stereocenters. The summed E-state index contributed by atoms with van der Waals surface area (Å²) in [4.78, 5) is 6.65. The minimum absolute atomic E-state index is 0.130. The van der Waals surface area contributed by atoms with E-state index in [-0.39, 0.29) is 5.54 Å². The molecule has 2 N–H and O–H groups in total. The van der Waals surface area contributed by atoms with Crippen molar-refractivity contribution in [1.82, 2.24) is 9.88 Å². The Balaban J connectivity index is 2.83. The summed E-state index contributed by atoms with van der Waals surface area (Å²) < 4.78 is 0. The first-order chi connectivity index (χ1) is 8.22. The molecule has 0 fully saturated rings. The van der Waals surface area contributed by atoms with Crippen molar-refractivity contribution in [2.75, 3.05) is 13.1 Å². The predicted octanol–water partition coefficient (Wildman–Crippen LogP) is 2.42. The molecule has 0 saturated heterocycles. The number of nitrogens with zero attached hydrogens (tertiary/aromatic N) is 2. The Hall–Kier alpha value is -0.930. The predicted molar refractivity (Wildman–Crippen MR) is 72.7 cm³/mol. The van der Waals surface area contributed by atoms with Gasteiger partial charge in [-0.3, -0.25) is 9.88 Å². The van der Waals surface area contributed by atoms with Gasteiger partial charge in [0.25, 0.3) is 0 Å². The van der Waals surface area contributed by atoms with Gasteiger partial charge in [-0.2, -0.15) is 0 Å². The van der Waals surface area contributed by atoms with E-state index in [1.54, 1.807) is 0 Å². The average molecular weight is 235 g/mol. The largest absolute Gasteiger partial charge is 0.329 e. The van der Waals surface area contributed by atoms with Gasteiger partial charge in [0.15, 0.2) is 0 Å². The lowest BCUT2D eigenvalue weighted by molar-refractivity contribution is 0.0827. The number of aromatic nitrogens is 1. The molecule has 0 amide bonds. The van der Waals surface area contributed by atoms with Crippen LogP contribution in [0.4, 0.5) is 0 Å². The number of hydrogen-bond acceptors (Lipinski definition) is 3. The van der Waals surface area contributed by atoms with Crippen LogP contribution in [0.1, 0.15) is 39.2 Å². The maximum Gasteiger partial charge on any atom is 0.0329 e. The van der Waals surface area contributed by atoms with E-state index in [4.69, 9.17) is 5.73 Å². The number of rotatable bonds is 7. The lowest BCUT2D eigenvalue weighted by Gasteiger charge is -2.42. The highest BCUT2D eigenvalue weighted by atomic mass is 15.2. The Morgan fingerprint density at radius 1 is 1.29 bits per heavy atom. The van der Waals surface area contributed by atoms with E-state index in [1.165, 1.54) is 5.56 Å². The molecule has 0 aliphatic heterocycles. The molecular formula is C14H25N3. The van der Waals surface area contributed by atoms with Gasteiger partial charge in [-0.1, -0.05) is 26.8 Å². The van der Waals surface area contributed by atoms with Crippen molar-refractivity contribution in [1.29, 1.82) is 0 Å². The molecule has 3 nitrogen and oxygen atoms in total. The van der Waals surface area contributed by atoms with Gasteiger partial charge in [0, 0.05) is 31.0 Å². The number of hydrogen-bond donors (Lipinski definition) is 1. The Morgan fingerprint density at radius 2 is 2.00 bits per heavy atom. The van der Waals surface area contributed by atoms with Gasteiger partial charge in [-0.05, 0) is 31.0 Å². The Kier molecular flexibility index (Phi) is 5.59. The third-order valence-electron chi connectivity index (χ3n) is 3.84. The first-order valence-electron chi connectivity index (χ1n) is 6.56. The van der Waals surface area contributed by atoms with E-state index in [2.05, 4.69) is 36.7 Å². The van der Waals surface area contributed by atoms with Gasteiger partial charge in [-0.25, -0.2) is 0 Å². The van der Waals surface area contributed by atoms with Crippen LogP contribution in [0.5, 0.6) is 0 Å². The summed E-state index contributed by atoms with van der Waals surface area (Å²) in [7, 11) is 0. The van der Waals surface area contributed by atoms with Crippen LogP contribution < -0.4 is 5.73 Å². The van der Waals surface area contributed by atoms with E-state index in [1.807, 2.05) is 18.5 Å². The highest BCUT2D eigenvalue weighted by Gasteiger charge is 2.30. The van der Waals surface area contributed by atoms with Crippen LogP contribution in [-0.2, 0) is 6.54 Å². The van der Waals surface area contributed by atoms with Crippen LogP contribution in [0, 0.1) is 0 Å². The molecule has 0 radical (unpaired) electrons. The molecule has 1 rings (SSSR count). The summed E-state index contributed by atoms with van der Waals surface area (Å²) in [5.74, 6) is 0. The second kappa shape index (κ2) is 6.72. The minimum Gasteiger partial charge on any atom is -0.329 e. The molecule has 1 aromatic rings. The van der Waals surface area contributed by atoms with Gasteiger partial charge in [0.1, 0.15) is 0 Å². The van der Waals surface area contributed by atoms with Crippen LogP contribution in [0.2, 0.25) is 0 Å². The third-order valence-corrected chi connectivity index (χ3v) is 3.84. The smallest absolute Gasteiger partial charge is 0.0329 e. The van der Waals surface area contributed by atoms with Crippen molar-refractivity contribution in [2.24, 2.45) is 5.73 Å². The first kappa shape index (κ1) is 14.1. The van der Waals surface area contributed by atoms with Crippen LogP contribution >= 0.6 is 0 Å². The maximum atomic E-state index is 6.00. The molecule has 0 aromatic carbocycles. The molecule has 1 heterocycles. The first-order valence-corrected chi connectivity index (χ1v) is 6.56. The summed E-state index contributed by atoms with van der Waals surface area (Å²) in [6.07, 6.45) is 5.94. The van der Waals surface area contributed by atoms with Gasteiger partial charge in [0.05, 0.1) is 0 Å². The molecule has 17 heavy (non-hydrogen) atoms. The summed E-state index contributed by atoms with van der Waals surface area (Å²) in [6.45, 7) is 9.32. The fraction of sp³-hybridized carbons (Fsp3) is 0.643. The number of nitrogens with two attached hydrogens (primary N) is 1. The lowest BCUT2D eigenvalue weighted by Crippen LogP contribution is -2.52. The fourth-order valence-electron chi connectivity index (χ4n) is 2.44. The van der Waals surface area contributed by atoms with Crippen molar-refractivity contribution in [3.63, 3.8) is 0 Å². The second-order valence-corrected chi connectivity index (χ2v) is 4.51. The molecule has 0 unspecified atom stereocenters. The van der Waals surface area contributed by atoms with Crippen LogP contribution in [0.25, 0.3) is 0 Å². The van der Waals surface area contributed by atoms with E-state index < -0.39 is 0 Å². The molecule has 3 heteroatoms. The fourth-order valence-corrected chi connectivity index (χ4v) is 2.44. The quantitative estimate of drug-likeness (QED) is 0.789. The molecule has 0 spiro atoms. The Morgan fingerprint density at radius 3 is 2.41 bits per heavy atom. The highest BCUT2D eigenvalue weighted by Crippen LogP contribution is 2.24. The van der Waals surface area contributed by atoms with Crippen molar-refractivity contribution >= 4 is 0 Å². The average Bonchev–Trinajstić information content (AvgIpc) is 2.41. The zero-order chi connectivity index (χ0) is 12.7. The highest BCUT2D eigenvalue weighted by molar-refractivity contribution is 5.09. The topological polar surface area (TPSA) is 42.2 Å². The van der Waals surface area contributed by atoms with Gasteiger partial charge in [-0.15, -0.1) is 0 Å². The van der Waals surface area contributed by atoms with Gasteiger partial charge in [0.2, 0.25) is 0 Å². The molecular weight excluding hydrogens is 210 g/mol. The summed E-state index contributed by atoms with van der Waals surface area (Å²) >= 11 is 0. The van der Waals surface area contributed by atoms with Gasteiger partial charge >= 0.3 is 0 Å². The third kappa shape index (κ3) is 3.27. The molecule has 0 bridgehead atoms. The van der Waals surface area contributed by atoms with E-state index in [0.29, 0.717) is 6.54 Å². The summed E-state index contributed by atoms with van der Waals surface area (Å²) in [5, 5.41) is 0. The zero-order valence-electron chi connectivity index (χ0n) is 11.3. The van der Waals surface area contributed by atoms with Crippen molar-refractivity contribution in [3.8, 4) is 0 Å². The minimum atomic E-state index is 0.130. The molecule has 0 aliphatic rings. The molecule has 0 aliphatic carbocycles.